The number of nitrogens with one attached hydrogen (secondary N) is 1. The number of hydrogen-bond donors (Lipinski definition) is 1. The summed E-state index contributed by atoms with van der Waals surface area (Å²) in [4.78, 5) is 16.9. The van der Waals surface area contributed by atoms with Gasteiger partial charge < -0.3 is 10.2 Å². The molecular weight excluding hydrogens is 226 g/mol. The Morgan fingerprint density at radius 1 is 1.33 bits per heavy atom. The maximum absolute atomic E-state index is 12.6. The third-order valence-corrected chi connectivity index (χ3v) is 4.49. The normalized spacial score (nSPS) is 24.1. The van der Waals surface area contributed by atoms with Crippen molar-refractivity contribution in [3.8, 4) is 0 Å². The summed E-state index contributed by atoms with van der Waals surface area (Å²) in [6.45, 7) is 6.95. The van der Waals surface area contributed by atoms with Crippen LogP contribution in [0.15, 0.2) is 0 Å². The molecule has 2 rings (SSSR count). The van der Waals surface area contributed by atoms with Crippen molar-refractivity contribution in [1.82, 2.24) is 15.1 Å². The molecule has 0 aromatic rings. The Labute approximate surface area is 111 Å². The van der Waals surface area contributed by atoms with Gasteiger partial charge in [-0.05, 0) is 25.7 Å². The second-order valence-electron chi connectivity index (χ2n) is 5.63. The van der Waals surface area contributed by atoms with Crippen LogP contribution in [0.2, 0.25) is 0 Å². The van der Waals surface area contributed by atoms with Gasteiger partial charge in [0.05, 0.1) is 6.04 Å². The zero-order chi connectivity index (χ0) is 13.0. The number of piperazine rings is 1. The highest BCUT2D eigenvalue weighted by atomic mass is 16.2. The van der Waals surface area contributed by atoms with Gasteiger partial charge in [0.25, 0.3) is 0 Å². The number of amides is 1. The number of nitrogens with zero attached hydrogens (tertiary/aromatic N) is 2. The molecule has 1 saturated carbocycles. The van der Waals surface area contributed by atoms with Gasteiger partial charge in [0.1, 0.15) is 0 Å². The lowest BCUT2D eigenvalue weighted by atomic mass is 9.94. The van der Waals surface area contributed by atoms with E-state index in [0.717, 1.165) is 32.7 Å². The van der Waals surface area contributed by atoms with Crippen LogP contribution < -0.4 is 5.32 Å². The number of rotatable bonds is 4. The second-order valence-corrected chi connectivity index (χ2v) is 5.63. The first-order valence-corrected chi connectivity index (χ1v) is 7.43. The maximum atomic E-state index is 12.6. The predicted molar refractivity (Wildman–Crippen MR) is 73.5 cm³/mol. The summed E-state index contributed by atoms with van der Waals surface area (Å²) in [5.74, 6) is 0.927. The topological polar surface area (TPSA) is 35.6 Å². The number of carbonyl (C=O) groups is 1. The first-order chi connectivity index (χ1) is 8.74. The average molecular weight is 253 g/mol. The molecule has 0 bridgehead atoms. The first kappa shape index (κ1) is 13.8. The molecule has 2 fully saturated rings. The molecule has 1 aliphatic carbocycles. The molecular formula is C14H27N3O. The Kier molecular flexibility index (Phi) is 5.01. The SMILES string of the molecule is CCN(C)C(=O)C(C1CCCC1)N1CCNCC1. The van der Waals surface area contributed by atoms with Crippen LogP contribution in [0, 0.1) is 5.92 Å². The van der Waals surface area contributed by atoms with Crippen LogP contribution in [0.25, 0.3) is 0 Å². The van der Waals surface area contributed by atoms with E-state index in [0.29, 0.717) is 11.8 Å². The Balaban J connectivity index is 2.07. The highest BCUT2D eigenvalue weighted by molar-refractivity contribution is 5.82. The number of hydrogen-bond acceptors (Lipinski definition) is 3. The molecule has 4 nitrogen and oxygen atoms in total. The molecule has 2 aliphatic rings. The minimum Gasteiger partial charge on any atom is -0.345 e. The van der Waals surface area contributed by atoms with Crippen molar-refractivity contribution in [2.45, 2.75) is 38.6 Å². The summed E-state index contributed by atoms with van der Waals surface area (Å²) < 4.78 is 0. The maximum Gasteiger partial charge on any atom is 0.239 e. The molecule has 1 amide bonds. The Bertz CT molecular complexity index is 270. The lowest BCUT2D eigenvalue weighted by Gasteiger charge is -2.38. The molecule has 0 aromatic carbocycles. The molecule has 1 saturated heterocycles. The van der Waals surface area contributed by atoms with Crippen LogP contribution >= 0.6 is 0 Å². The van der Waals surface area contributed by atoms with Crippen LogP contribution in [0.3, 0.4) is 0 Å². The van der Waals surface area contributed by atoms with E-state index < -0.39 is 0 Å². The zero-order valence-electron chi connectivity index (χ0n) is 11.8. The van der Waals surface area contributed by atoms with Crippen molar-refractivity contribution >= 4 is 5.91 Å². The van der Waals surface area contributed by atoms with E-state index in [1.807, 2.05) is 11.9 Å². The Morgan fingerprint density at radius 2 is 1.94 bits per heavy atom. The van der Waals surface area contributed by atoms with E-state index >= 15 is 0 Å². The molecule has 1 heterocycles. The van der Waals surface area contributed by atoms with E-state index in [1.54, 1.807) is 0 Å². The predicted octanol–water partition coefficient (Wildman–Crippen LogP) is 0.929. The van der Waals surface area contributed by atoms with Crippen molar-refractivity contribution in [2.24, 2.45) is 5.92 Å². The molecule has 1 unspecified atom stereocenters. The molecule has 18 heavy (non-hydrogen) atoms. The van der Waals surface area contributed by atoms with Crippen LogP contribution in [0.4, 0.5) is 0 Å². The average Bonchev–Trinajstić information content (AvgIpc) is 2.93. The van der Waals surface area contributed by atoms with Crippen molar-refractivity contribution in [2.75, 3.05) is 39.8 Å². The molecule has 0 spiro atoms. The zero-order valence-corrected chi connectivity index (χ0v) is 11.8. The number of carbonyl (C=O) groups excluding carboxylic acids is 1. The standard InChI is InChI=1S/C14H27N3O/c1-3-16(2)14(18)13(12-6-4-5-7-12)17-10-8-15-9-11-17/h12-13,15H,3-11H2,1-2H3. The molecule has 104 valence electrons. The largest absolute Gasteiger partial charge is 0.345 e. The fraction of sp³-hybridized carbons (Fsp3) is 0.929. The quantitative estimate of drug-likeness (QED) is 0.809. The lowest BCUT2D eigenvalue weighted by Crippen LogP contribution is -2.56. The summed E-state index contributed by atoms with van der Waals surface area (Å²) in [5, 5.41) is 3.38. The van der Waals surface area contributed by atoms with Gasteiger partial charge in [0.2, 0.25) is 5.91 Å². The first-order valence-electron chi connectivity index (χ1n) is 7.43. The van der Waals surface area contributed by atoms with Crippen LogP contribution in [-0.4, -0.2) is 61.5 Å². The van der Waals surface area contributed by atoms with E-state index in [-0.39, 0.29) is 6.04 Å². The lowest BCUT2D eigenvalue weighted by molar-refractivity contribution is -0.138. The van der Waals surface area contributed by atoms with Crippen LogP contribution in [0.1, 0.15) is 32.6 Å². The summed E-state index contributed by atoms with van der Waals surface area (Å²) in [7, 11) is 1.94. The van der Waals surface area contributed by atoms with E-state index in [2.05, 4.69) is 17.1 Å². The van der Waals surface area contributed by atoms with Gasteiger partial charge in [-0.15, -0.1) is 0 Å². The third-order valence-electron chi connectivity index (χ3n) is 4.49. The monoisotopic (exact) mass is 253 g/mol. The second kappa shape index (κ2) is 6.53. The highest BCUT2D eigenvalue weighted by Crippen LogP contribution is 2.31. The van der Waals surface area contributed by atoms with Gasteiger partial charge in [-0.25, -0.2) is 0 Å². The van der Waals surface area contributed by atoms with Gasteiger partial charge in [-0.2, -0.15) is 0 Å². The molecule has 0 radical (unpaired) electrons. The summed E-state index contributed by atoms with van der Waals surface area (Å²) in [5.41, 5.74) is 0. The Hall–Kier alpha value is -0.610. The summed E-state index contributed by atoms with van der Waals surface area (Å²) in [6.07, 6.45) is 5.07. The van der Waals surface area contributed by atoms with Gasteiger partial charge in [0.15, 0.2) is 0 Å². The molecule has 4 heteroatoms. The Morgan fingerprint density at radius 3 is 2.50 bits per heavy atom. The van der Waals surface area contributed by atoms with Crippen molar-refractivity contribution in [3.05, 3.63) is 0 Å². The molecule has 1 atom stereocenters. The molecule has 1 aliphatic heterocycles. The minimum absolute atomic E-state index is 0.138. The van der Waals surface area contributed by atoms with Crippen LogP contribution in [-0.2, 0) is 4.79 Å². The summed E-state index contributed by atoms with van der Waals surface area (Å²) in [6, 6.07) is 0.138. The van der Waals surface area contributed by atoms with E-state index in [1.165, 1.54) is 25.7 Å². The van der Waals surface area contributed by atoms with Crippen LogP contribution in [0.5, 0.6) is 0 Å². The van der Waals surface area contributed by atoms with Gasteiger partial charge in [0, 0.05) is 39.8 Å². The fourth-order valence-electron chi connectivity index (χ4n) is 3.27. The minimum atomic E-state index is 0.138. The number of likely N-dealkylation sites (N-methyl/N-ethyl adjacent to an activating group) is 1. The van der Waals surface area contributed by atoms with E-state index in [4.69, 9.17) is 0 Å². The third kappa shape index (κ3) is 3.04. The molecule has 1 N–H and O–H groups in total. The summed E-state index contributed by atoms with van der Waals surface area (Å²) >= 11 is 0. The highest BCUT2D eigenvalue weighted by Gasteiger charge is 2.36. The van der Waals surface area contributed by atoms with Gasteiger partial charge >= 0.3 is 0 Å². The van der Waals surface area contributed by atoms with Gasteiger partial charge in [-0.1, -0.05) is 12.8 Å². The van der Waals surface area contributed by atoms with Gasteiger partial charge in [-0.3, -0.25) is 9.69 Å². The smallest absolute Gasteiger partial charge is 0.239 e. The molecule has 0 aromatic heterocycles. The fourth-order valence-corrected chi connectivity index (χ4v) is 3.27. The van der Waals surface area contributed by atoms with Crippen molar-refractivity contribution in [3.63, 3.8) is 0 Å². The van der Waals surface area contributed by atoms with E-state index in [9.17, 15) is 4.79 Å². The van der Waals surface area contributed by atoms with Crippen molar-refractivity contribution < 1.29 is 4.79 Å². The van der Waals surface area contributed by atoms with Crippen molar-refractivity contribution in [1.29, 1.82) is 0 Å².